The van der Waals surface area contributed by atoms with Crippen LogP contribution < -0.4 is 10.2 Å². The number of carbonyl (C=O) groups is 3. The van der Waals surface area contributed by atoms with Crippen LogP contribution in [0.5, 0.6) is 0 Å². The molecule has 0 aliphatic carbocycles. The highest BCUT2D eigenvalue weighted by molar-refractivity contribution is 6.02. The molecule has 3 saturated heterocycles. The predicted octanol–water partition coefficient (Wildman–Crippen LogP) is 3.81. The minimum atomic E-state index is -0.380. The second kappa shape index (κ2) is 10.7. The van der Waals surface area contributed by atoms with Crippen molar-refractivity contribution in [3.63, 3.8) is 0 Å². The largest absolute Gasteiger partial charge is 0.450 e. The van der Waals surface area contributed by atoms with Crippen LogP contribution in [0, 0.1) is 17.8 Å². The molecule has 3 fully saturated rings. The van der Waals surface area contributed by atoms with E-state index in [4.69, 9.17) is 4.74 Å². The Morgan fingerprint density at radius 3 is 2.62 bits per heavy atom. The van der Waals surface area contributed by atoms with E-state index in [1.165, 1.54) is 24.9 Å². The van der Waals surface area contributed by atoms with Gasteiger partial charge < -0.3 is 14.5 Å². The molecular weight excluding hydrogens is 470 g/mol. The summed E-state index contributed by atoms with van der Waals surface area (Å²) in [5.41, 5.74) is 2.97. The molecule has 5 rings (SSSR count). The third kappa shape index (κ3) is 5.31. The summed E-state index contributed by atoms with van der Waals surface area (Å²) in [5, 5.41) is 8.12. The monoisotopic (exact) mass is 509 g/mol. The van der Waals surface area contributed by atoms with E-state index in [1.54, 1.807) is 0 Å². The van der Waals surface area contributed by atoms with Crippen LogP contribution in [0.3, 0.4) is 0 Å². The normalized spacial score (nSPS) is 25.4. The number of fused-ring (bicyclic) bond motifs is 1. The Balaban J connectivity index is 1.18. The Kier molecular flexibility index (Phi) is 7.40. The van der Waals surface area contributed by atoms with Crippen molar-refractivity contribution < 1.29 is 19.1 Å². The van der Waals surface area contributed by atoms with Gasteiger partial charge in [0.1, 0.15) is 0 Å². The van der Waals surface area contributed by atoms with E-state index < -0.39 is 0 Å². The van der Waals surface area contributed by atoms with E-state index in [1.807, 2.05) is 23.6 Å². The minimum absolute atomic E-state index is 0.171. The van der Waals surface area contributed by atoms with Crippen molar-refractivity contribution in [1.82, 2.24) is 20.0 Å². The van der Waals surface area contributed by atoms with Gasteiger partial charge in [-0.05, 0) is 75.0 Å². The molecule has 3 aliphatic rings. The second-order valence-corrected chi connectivity index (χ2v) is 11.1. The average molecular weight is 510 g/mol. The number of rotatable bonds is 5. The number of likely N-dealkylation sites (tertiary alicyclic amines) is 1. The predicted molar refractivity (Wildman–Crippen MR) is 141 cm³/mol. The summed E-state index contributed by atoms with van der Waals surface area (Å²) in [7, 11) is 1.92. The molecule has 200 valence electrons. The third-order valence-corrected chi connectivity index (χ3v) is 8.66. The van der Waals surface area contributed by atoms with Crippen LogP contribution in [0.4, 0.5) is 10.5 Å². The van der Waals surface area contributed by atoms with E-state index in [0.717, 1.165) is 55.1 Å². The van der Waals surface area contributed by atoms with Gasteiger partial charge in [0, 0.05) is 50.7 Å². The van der Waals surface area contributed by atoms with E-state index in [0.29, 0.717) is 31.3 Å². The maximum Gasteiger partial charge on any atom is 0.409 e. The first-order chi connectivity index (χ1) is 17.8. The third-order valence-electron chi connectivity index (χ3n) is 8.66. The van der Waals surface area contributed by atoms with Crippen molar-refractivity contribution in [2.75, 3.05) is 37.7 Å². The Hall–Kier alpha value is -3.10. The fourth-order valence-corrected chi connectivity index (χ4v) is 6.46. The molecule has 9 nitrogen and oxygen atoms in total. The topological polar surface area (TPSA) is 96.8 Å². The van der Waals surface area contributed by atoms with Crippen molar-refractivity contribution in [3.05, 3.63) is 23.9 Å². The lowest BCUT2D eigenvalue weighted by Crippen LogP contribution is -2.44. The highest BCUT2D eigenvalue weighted by Crippen LogP contribution is 2.36. The van der Waals surface area contributed by atoms with Gasteiger partial charge >= 0.3 is 6.09 Å². The van der Waals surface area contributed by atoms with Crippen LogP contribution >= 0.6 is 0 Å². The van der Waals surface area contributed by atoms with Gasteiger partial charge in [-0.15, -0.1) is 0 Å². The van der Waals surface area contributed by atoms with Gasteiger partial charge in [-0.3, -0.25) is 19.6 Å². The lowest BCUT2D eigenvalue weighted by atomic mass is 9.78. The zero-order valence-corrected chi connectivity index (χ0v) is 22.2. The molecular formula is C28H39N5O4. The first kappa shape index (κ1) is 25.5. The highest BCUT2D eigenvalue weighted by atomic mass is 16.6. The molecule has 1 aromatic carbocycles. The van der Waals surface area contributed by atoms with Gasteiger partial charge in [-0.2, -0.15) is 5.10 Å². The Morgan fingerprint density at radius 2 is 1.92 bits per heavy atom. The molecule has 1 unspecified atom stereocenters. The number of hydrogen-bond donors (Lipinski definition) is 1. The zero-order chi connectivity index (χ0) is 26.1. The van der Waals surface area contributed by atoms with E-state index >= 15 is 0 Å². The van der Waals surface area contributed by atoms with Crippen molar-refractivity contribution in [3.8, 4) is 0 Å². The standard InChI is InChI=1S/C28H39N5O4/c1-4-37-28(36)33-14-11-20(18(2)17-33)15-19-9-12-32(13-10-19)21-5-6-22-24(16-21)31(3)30-26(22)23-7-8-25(34)29-27(23)35/h5-6,16,18-20,23H,4,7-15,17H2,1-3H3,(H,29,34,35)/t18-,20+,23?/m0/s1. The molecule has 3 aliphatic heterocycles. The van der Waals surface area contributed by atoms with Crippen LogP contribution in [0.2, 0.25) is 0 Å². The Labute approximate surface area is 218 Å². The average Bonchev–Trinajstić information content (AvgIpc) is 3.21. The molecule has 0 spiro atoms. The number of anilines is 1. The van der Waals surface area contributed by atoms with Gasteiger partial charge in [0.25, 0.3) is 0 Å². The number of imide groups is 1. The maximum absolute atomic E-state index is 12.4. The summed E-state index contributed by atoms with van der Waals surface area (Å²) in [6.45, 7) is 8.23. The summed E-state index contributed by atoms with van der Waals surface area (Å²) in [4.78, 5) is 40.4. The lowest BCUT2D eigenvalue weighted by molar-refractivity contribution is -0.134. The number of benzene rings is 1. The molecule has 4 heterocycles. The molecule has 0 radical (unpaired) electrons. The molecule has 3 atom stereocenters. The first-order valence-electron chi connectivity index (χ1n) is 13.8. The summed E-state index contributed by atoms with van der Waals surface area (Å²) >= 11 is 0. The van der Waals surface area contributed by atoms with Crippen molar-refractivity contribution in [2.24, 2.45) is 24.8 Å². The maximum atomic E-state index is 12.4. The summed E-state index contributed by atoms with van der Waals surface area (Å²) in [5.74, 6) is 1.06. The second-order valence-electron chi connectivity index (χ2n) is 11.1. The number of nitrogens with one attached hydrogen (secondary N) is 1. The highest BCUT2D eigenvalue weighted by Gasteiger charge is 2.33. The lowest BCUT2D eigenvalue weighted by Gasteiger charge is -2.40. The van der Waals surface area contributed by atoms with Crippen LogP contribution in [0.25, 0.3) is 10.9 Å². The summed E-state index contributed by atoms with van der Waals surface area (Å²) < 4.78 is 7.05. The Bertz CT molecular complexity index is 1170. The molecule has 1 N–H and O–H groups in total. The summed E-state index contributed by atoms with van der Waals surface area (Å²) in [6.07, 6.45) is 5.34. The van der Waals surface area contributed by atoms with E-state index in [2.05, 4.69) is 40.4 Å². The number of carbonyl (C=O) groups excluding carboxylic acids is 3. The number of nitrogens with zero attached hydrogens (tertiary/aromatic N) is 4. The van der Waals surface area contributed by atoms with Crippen molar-refractivity contribution in [2.45, 2.75) is 58.3 Å². The zero-order valence-electron chi connectivity index (χ0n) is 22.2. The van der Waals surface area contributed by atoms with Gasteiger partial charge in [-0.25, -0.2) is 4.79 Å². The number of piperidine rings is 3. The fourth-order valence-electron chi connectivity index (χ4n) is 6.46. The van der Waals surface area contributed by atoms with Crippen LogP contribution in [-0.2, 0) is 21.4 Å². The van der Waals surface area contributed by atoms with Crippen LogP contribution in [0.1, 0.15) is 64.0 Å². The van der Waals surface area contributed by atoms with Crippen LogP contribution in [0.15, 0.2) is 18.2 Å². The molecule has 9 heteroatoms. The number of hydrogen-bond acceptors (Lipinski definition) is 6. The van der Waals surface area contributed by atoms with Gasteiger partial charge in [0.05, 0.1) is 23.7 Å². The molecule has 0 bridgehead atoms. The molecule has 3 amide bonds. The SMILES string of the molecule is CCOC(=O)N1CC[C@H](CC2CCN(c3ccc4c(C5CCC(=O)NC5=O)nn(C)c4c3)CC2)[C@@H](C)C1. The smallest absolute Gasteiger partial charge is 0.409 e. The molecule has 1 aromatic heterocycles. The minimum Gasteiger partial charge on any atom is -0.450 e. The quantitative estimate of drug-likeness (QED) is 0.616. The fraction of sp³-hybridized carbons (Fsp3) is 0.643. The van der Waals surface area contributed by atoms with Crippen molar-refractivity contribution in [1.29, 1.82) is 0 Å². The molecule has 0 saturated carbocycles. The van der Waals surface area contributed by atoms with E-state index in [9.17, 15) is 14.4 Å². The van der Waals surface area contributed by atoms with Gasteiger partial charge in [0.2, 0.25) is 11.8 Å². The molecule has 2 aromatic rings. The van der Waals surface area contributed by atoms with Crippen LogP contribution in [-0.4, -0.2) is 65.4 Å². The number of aromatic nitrogens is 2. The van der Waals surface area contributed by atoms with E-state index in [-0.39, 0.29) is 23.8 Å². The first-order valence-corrected chi connectivity index (χ1v) is 13.8. The van der Waals surface area contributed by atoms with Gasteiger partial charge in [-0.1, -0.05) is 6.92 Å². The van der Waals surface area contributed by atoms with Crippen molar-refractivity contribution >= 4 is 34.5 Å². The number of amides is 3. The summed E-state index contributed by atoms with van der Waals surface area (Å²) in [6, 6.07) is 6.42. The Morgan fingerprint density at radius 1 is 1.14 bits per heavy atom. The number of aryl methyl sites for hydroxylation is 1. The number of ether oxygens (including phenoxy) is 1. The van der Waals surface area contributed by atoms with Gasteiger partial charge in [0.15, 0.2) is 0 Å². The molecule has 37 heavy (non-hydrogen) atoms.